The number of amides is 1. The zero-order valence-corrected chi connectivity index (χ0v) is 14.1. The predicted octanol–water partition coefficient (Wildman–Crippen LogP) is 3.23. The molecule has 0 bridgehead atoms. The Bertz CT molecular complexity index is 750. The number of nitrogens with one attached hydrogen (secondary N) is 1. The molecule has 1 N–H and O–H groups in total. The molecule has 2 aromatic rings. The van der Waals surface area contributed by atoms with Crippen LogP contribution in [0.25, 0.3) is 0 Å². The van der Waals surface area contributed by atoms with Gasteiger partial charge in [-0.15, -0.1) is 0 Å². The molecule has 124 valence electrons. The molecule has 0 saturated heterocycles. The number of aryl methyl sites for hydroxylation is 1. The highest BCUT2D eigenvalue weighted by Gasteiger charge is 2.03. The first kappa shape index (κ1) is 17.7. The molecule has 4 nitrogen and oxygen atoms in total. The van der Waals surface area contributed by atoms with Crippen molar-refractivity contribution in [3.05, 3.63) is 59.1 Å². The monoisotopic (exact) mass is 343 g/mol. The molecule has 2 aromatic carbocycles. The number of ether oxygens (including phenoxy) is 2. The van der Waals surface area contributed by atoms with Crippen molar-refractivity contribution in [1.82, 2.24) is 5.32 Å². The molecule has 1 amide bonds. The normalized spacial score (nSPS) is 9.58. The molecular formula is C19H18ClNO3. The zero-order valence-electron chi connectivity index (χ0n) is 13.3. The van der Waals surface area contributed by atoms with Crippen LogP contribution in [0.5, 0.6) is 11.5 Å². The summed E-state index contributed by atoms with van der Waals surface area (Å²) in [6.45, 7) is 2.33. The van der Waals surface area contributed by atoms with Crippen molar-refractivity contribution in [2.24, 2.45) is 0 Å². The van der Waals surface area contributed by atoms with Crippen molar-refractivity contribution in [3.63, 3.8) is 0 Å². The molecule has 0 aromatic heterocycles. The Morgan fingerprint density at radius 3 is 2.50 bits per heavy atom. The molecule has 24 heavy (non-hydrogen) atoms. The largest absolute Gasteiger partial charge is 0.484 e. The first-order chi connectivity index (χ1) is 11.7. The molecule has 0 heterocycles. The molecule has 0 atom stereocenters. The molecule has 0 fully saturated rings. The van der Waals surface area contributed by atoms with E-state index in [4.69, 9.17) is 21.1 Å². The van der Waals surface area contributed by atoms with Crippen LogP contribution in [-0.2, 0) is 4.79 Å². The quantitative estimate of drug-likeness (QED) is 0.819. The van der Waals surface area contributed by atoms with Gasteiger partial charge in [-0.25, -0.2) is 0 Å². The molecule has 0 radical (unpaired) electrons. The van der Waals surface area contributed by atoms with Crippen LogP contribution in [0.4, 0.5) is 0 Å². The molecule has 0 aliphatic heterocycles. The van der Waals surface area contributed by atoms with Crippen LogP contribution in [0.3, 0.4) is 0 Å². The van der Waals surface area contributed by atoms with Gasteiger partial charge in [-0.2, -0.15) is 0 Å². The Morgan fingerprint density at radius 2 is 1.75 bits per heavy atom. The number of halogens is 1. The number of rotatable bonds is 6. The Balaban J connectivity index is 1.65. The van der Waals surface area contributed by atoms with E-state index in [0.29, 0.717) is 16.5 Å². The van der Waals surface area contributed by atoms with Crippen molar-refractivity contribution >= 4 is 17.5 Å². The fraction of sp³-hybridized carbons (Fsp3) is 0.211. The average Bonchev–Trinajstić information content (AvgIpc) is 2.58. The first-order valence-corrected chi connectivity index (χ1v) is 7.83. The minimum Gasteiger partial charge on any atom is -0.484 e. The van der Waals surface area contributed by atoms with Crippen molar-refractivity contribution < 1.29 is 14.3 Å². The molecule has 5 heteroatoms. The molecule has 2 rings (SSSR count). The van der Waals surface area contributed by atoms with Crippen LogP contribution in [0.2, 0.25) is 5.02 Å². The summed E-state index contributed by atoms with van der Waals surface area (Å²) in [5.74, 6) is 6.69. The van der Waals surface area contributed by atoms with Crippen molar-refractivity contribution in [2.75, 3.05) is 19.8 Å². The maximum absolute atomic E-state index is 11.7. The van der Waals surface area contributed by atoms with E-state index in [1.54, 1.807) is 12.1 Å². The molecule has 0 unspecified atom stereocenters. The van der Waals surface area contributed by atoms with Gasteiger partial charge in [0.15, 0.2) is 6.61 Å². The summed E-state index contributed by atoms with van der Waals surface area (Å²) < 4.78 is 10.9. The minimum atomic E-state index is -0.223. The van der Waals surface area contributed by atoms with Gasteiger partial charge in [-0.05, 0) is 30.7 Å². The van der Waals surface area contributed by atoms with Gasteiger partial charge >= 0.3 is 0 Å². The SMILES string of the molecule is Cc1ccccc1OCC(=O)NCC#CCOc1ccccc1Cl. The first-order valence-electron chi connectivity index (χ1n) is 7.45. The highest BCUT2D eigenvalue weighted by Crippen LogP contribution is 2.22. The van der Waals surface area contributed by atoms with Gasteiger partial charge in [-0.1, -0.05) is 53.8 Å². The van der Waals surface area contributed by atoms with E-state index in [9.17, 15) is 4.79 Å². The lowest BCUT2D eigenvalue weighted by molar-refractivity contribution is -0.122. The van der Waals surface area contributed by atoms with Crippen LogP contribution in [0, 0.1) is 18.8 Å². The van der Waals surface area contributed by atoms with E-state index in [1.165, 1.54) is 0 Å². The van der Waals surface area contributed by atoms with Crippen LogP contribution in [0.15, 0.2) is 48.5 Å². The fourth-order valence-electron chi connectivity index (χ4n) is 1.84. The summed E-state index contributed by atoms with van der Waals surface area (Å²) in [5, 5.41) is 3.21. The average molecular weight is 344 g/mol. The van der Waals surface area contributed by atoms with E-state index < -0.39 is 0 Å². The smallest absolute Gasteiger partial charge is 0.258 e. The van der Waals surface area contributed by atoms with E-state index in [2.05, 4.69) is 17.2 Å². The van der Waals surface area contributed by atoms with Gasteiger partial charge in [0.05, 0.1) is 11.6 Å². The number of benzene rings is 2. The lowest BCUT2D eigenvalue weighted by atomic mass is 10.2. The Labute approximate surface area is 146 Å². The topological polar surface area (TPSA) is 47.6 Å². The predicted molar refractivity (Wildman–Crippen MR) is 94.4 cm³/mol. The number of hydrogen-bond acceptors (Lipinski definition) is 3. The van der Waals surface area contributed by atoms with Crippen LogP contribution in [0.1, 0.15) is 5.56 Å². The Morgan fingerprint density at radius 1 is 1.04 bits per heavy atom. The summed E-state index contributed by atoms with van der Waals surface area (Å²) >= 11 is 5.96. The zero-order chi connectivity index (χ0) is 17.2. The Hall–Kier alpha value is -2.64. The summed E-state index contributed by atoms with van der Waals surface area (Å²) in [6, 6.07) is 14.7. The number of carbonyl (C=O) groups excluding carboxylic acids is 1. The lowest BCUT2D eigenvalue weighted by Crippen LogP contribution is -2.29. The van der Waals surface area contributed by atoms with E-state index in [0.717, 1.165) is 5.56 Å². The van der Waals surface area contributed by atoms with Gasteiger partial charge in [0, 0.05) is 0 Å². The highest BCUT2D eigenvalue weighted by atomic mass is 35.5. The summed E-state index contributed by atoms with van der Waals surface area (Å²) in [6.07, 6.45) is 0. The molecule has 0 spiro atoms. The third kappa shape index (κ3) is 5.86. The maximum atomic E-state index is 11.7. The molecule has 0 aliphatic carbocycles. The second-order valence-electron chi connectivity index (χ2n) is 4.90. The van der Waals surface area contributed by atoms with Crippen LogP contribution >= 0.6 is 11.6 Å². The van der Waals surface area contributed by atoms with Crippen LogP contribution < -0.4 is 14.8 Å². The van der Waals surface area contributed by atoms with Gasteiger partial charge in [0.2, 0.25) is 0 Å². The highest BCUT2D eigenvalue weighted by molar-refractivity contribution is 6.32. The van der Waals surface area contributed by atoms with E-state index >= 15 is 0 Å². The lowest BCUT2D eigenvalue weighted by Gasteiger charge is -2.08. The van der Waals surface area contributed by atoms with E-state index in [-0.39, 0.29) is 25.7 Å². The van der Waals surface area contributed by atoms with E-state index in [1.807, 2.05) is 43.3 Å². The van der Waals surface area contributed by atoms with Crippen molar-refractivity contribution in [1.29, 1.82) is 0 Å². The molecule has 0 saturated carbocycles. The number of para-hydroxylation sites is 2. The fourth-order valence-corrected chi connectivity index (χ4v) is 2.03. The minimum absolute atomic E-state index is 0.0390. The van der Waals surface area contributed by atoms with Gasteiger partial charge in [0.1, 0.15) is 18.1 Å². The number of hydrogen-bond donors (Lipinski definition) is 1. The number of carbonyl (C=O) groups is 1. The van der Waals surface area contributed by atoms with Gasteiger partial charge in [0.25, 0.3) is 5.91 Å². The van der Waals surface area contributed by atoms with Crippen molar-refractivity contribution in [3.8, 4) is 23.3 Å². The summed E-state index contributed by atoms with van der Waals surface area (Å²) in [4.78, 5) is 11.7. The molecule has 0 aliphatic rings. The standard InChI is InChI=1S/C19H18ClNO3/c1-15-8-2-4-10-17(15)24-14-19(22)21-12-6-7-13-23-18-11-5-3-9-16(18)20/h2-5,8-11H,12-14H2,1H3,(H,21,22). The second kappa shape index (κ2) is 9.49. The third-order valence-electron chi connectivity index (χ3n) is 3.09. The third-order valence-corrected chi connectivity index (χ3v) is 3.40. The summed E-state index contributed by atoms with van der Waals surface area (Å²) in [7, 11) is 0. The Kier molecular flexibility index (Phi) is 7.00. The van der Waals surface area contributed by atoms with Crippen LogP contribution in [-0.4, -0.2) is 25.7 Å². The molecular weight excluding hydrogens is 326 g/mol. The second-order valence-corrected chi connectivity index (χ2v) is 5.31. The summed E-state index contributed by atoms with van der Waals surface area (Å²) in [5.41, 5.74) is 0.988. The maximum Gasteiger partial charge on any atom is 0.258 e. The van der Waals surface area contributed by atoms with Gasteiger partial charge < -0.3 is 14.8 Å². The van der Waals surface area contributed by atoms with Gasteiger partial charge in [-0.3, -0.25) is 4.79 Å². The van der Waals surface area contributed by atoms with Crippen molar-refractivity contribution in [2.45, 2.75) is 6.92 Å².